The molecular formula is C20H20FNOS. The second-order valence-electron chi connectivity index (χ2n) is 5.71. The van der Waals surface area contributed by atoms with Crippen molar-refractivity contribution in [3.63, 3.8) is 0 Å². The van der Waals surface area contributed by atoms with E-state index in [1.165, 1.54) is 29.0 Å². The van der Waals surface area contributed by atoms with E-state index in [2.05, 4.69) is 18.2 Å². The van der Waals surface area contributed by atoms with Gasteiger partial charge in [-0.1, -0.05) is 48.5 Å². The van der Waals surface area contributed by atoms with Gasteiger partial charge >= 0.3 is 0 Å². The van der Waals surface area contributed by atoms with Crippen LogP contribution in [0.5, 0.6) is 0 Å². The minimum atomic E-state index is -0.219. The van der Waals surface area contributed by atoms with Crippen LogP contribution in [0.4, 0.5) is 4.39 Å². The highest BCUT2D eigenvalue weighted by Gasteiger charge is 2.17. The molecule has 2 aromatic carbocycles. The number of hydrogen-bond acceptors (Lipinski definition) is 2. The molecular weight excluding hydrogens is 321 g/mol. The van der Waals surface area contributed by atoms with Crippen LogP contribution in [0.3, 0.4) is 0 Å². The van der Waals surface area contributed by atoms with Crippen LogP contribution in [0, 0.1) is 5.82 Å². The third-order valence-electron chi connectivity index (χ3n) is 4.12. The molecule has 4 heteroatoms. The minimum absolute atomic E-state index is 0.141. The molecule has 124 valence electrons. The Labute approximate surface area is 146 Å². The highest BCUT2D eigenvalue weighted by molar-refractivity contribution is 7.99. The zero-order valence-corrected chi connectivity index (χ0v) is 14.3. The van der Waals surface area contributed by atoms with E-state index in [0.29, 0.717) is 23.6 Å². The van der Waals surface area contributed by atoms with Crippen molar-refractivity contribution in [2.24, 2.45) is 0 Å². The molecule has 2 nitrogen and oxygen atoms in total. The number of thioether (sulfide) groups is 1. The molecule has 2 aromatic rings. The van der Waals surface area contributed by atoms with Crippen LogP contribution in [-0.4, -0.2) is 29.6 Å². The number of amides is 1. The number of hydrogen-bond donors (Lipinski definition) is 0. The SMILES string of the molecule is O=C(CCSc1ccccc1F)N1CC=C(c2ccccc2)CC1. The van der Waals surface area contributed by atoms with E-state index in [-0.39, 0.29) is 11.7 Å². The summed E-state index contributed by atoms with van der Waals surface area (Å²) in [4.78, 5) is 14.8. The lowest BCUT2D eigenvalue weighted by atomic mass is 9.99. The molecule has 1 aliphatic rings. The van der Waals surface area contributed by atoms with Gasteiger partial charge in [-0.2, -0.15) is 0 Å². The third kappa shape index (κ3) is 4.26. The summed E-state index contributed by atoms with van der Waals surface area (Å²) < 4.78 is 13.5. The van der Waals surface area contributed by atoms with Crippen molar-refractivity contribution in [3.8, 4) is 0 Å². The zero-order chi connectivity index (χ0) is 16.8. The van der Waals surface area contributed by atoms with Crippen LogP contribution in [-0.2, 0) is 4.79 Å². The second-order valence-corrected chi connectivity index (χ2v) is 6.85. The number of carbonyl (C=O) groups excluding carboxylic acids is 1. The zero-order valence-electron chi connectivity index (χ0n) is 13.5. The number of nitrogens with zero attached hydrogens (tertiary/aromatic N) is 1. The predicted molar refractivity (Wildman–Crippen MR) is 97.4 cm³/mol. The molecule has 1 amide bonds. The standard InChI is InChI=1S/C20H20FNOS/c21-18-8-4-5-9-19(18)24-15-12-20(23)22-13-10-17(11-14-22)16-6-2-1-3-7-16/h1-10H,11-15H2. The highest BCUT2D eigenvalue weighted by Crippen LogP contribution is 2.24. The summed E-state index contributed by atoms with van der Waals surface area (Å²) >= 11 is 1.40. The Morgan fingerprint density at radius 2 is 1.83 bits per heavy atom. The van der Waals surface area contributed by atoms with Crippen LogP contribution < -0.4 is 0 Å². The average Bonchev–Trinajstić information content (AvgIpc) is 2.64. The van der Waals surface area contributed by atoms with Crippen molar-refractivity contribution in [1.29, 1.82) is 0 Å². The van der Waals surface area contributed by atoms with E-state index >= 15 is 0 Å². The van der Waals surface area contributed by atoms with E-state index in [4.69, 9.17) is 0 Å². The van der Waals surface area contributed by atoms with Crippen molar-refractivity contribution >= 4 is 23.2 Å². The quantitative estimate of drug-likeness (QED) is 0.740. The Balaban J connectivity index is 1.49. The number of rotatable bonds is 5. The van der Waals surface area contributed by atoms with Crippen LogP contribution >= 0.6 is 11.8 Å². The Bertz CT molecular complexity index is 729. The number of carbonyl (C=O) groups is 1. The topological polar surface area (TPSA) is 20.3 Å². The molecule has 0 bridgehead atoms. The van der Waals surface area contributed by atoms with Crippen molar-refractivity contribution in [2.45, 2.75) is 17.7 Å². The normalized spacial score (nSPS) is 14.4. The van der Waals surface area contributed by atoms with Gasteiger partial charge in [-0.3, -0.25) is 4.79 Å². The summed E-state index contributed by atoms with van der Waals surface area (Å²) in [6.45, 7) is 1.41. The average molecular weight is 341 g/mol. The van der Waals surface area contributed by atoms with Gasteiger partial charge in [0.15, 0.2) is 0 Å². The summed E-state index contributed by atoms with van der Waals surface area (Å²) in [6.07, 6.45) is 3.46. The molecule has 0 unspecified atom stereocenters. The van der Waals surface area contributed by atoms with E-state index < -0.39 is 0 Å². The fourth-order valence-corrected chi connectivity index (χ4v) is 3.66. The van der Waals surface area contributed by atoms with Gasteiger partial charge in [-0.25, -0.2) is 4.39 Å². The van der Waals surface area contributed by atoms with Crippen molar-refractivity contribution < 1.29 is 9.18 Å². The van der Waals surface area contributed by atoms with E-state index in [1.54, 1.807) is 12.1 Å². The van der Waals surface area contributed by atoms with Gasteiger partial charge in [0.2, 0.25) is 5.91 Å². The lowest BCUT2D eigenvalue weighted by Gasteiger charge is -2.26. The first-order chi connectivity index (χ1) is 11.7. The Kier molecular flexibility index (Phi) is 5.70. The first-order valence-electron chi connectivity index (χ1n) is 8.13. The highest BCUT2D eigenvalue weighted by atomic mass is 32.2. The lowest BCUT2D eigenvalue weighted by Crippen LogP contribution is -2.34. The molecule has 24 heavy (non-hydrogen) atoms. The van der Waals surface area contributed by atoms with Gasteiger partial charge in [0, 0.05) is 30.2 Å². The van der Waals surface area contributed by atoms with Crippen LogP contribution in [0.25, 0.3) is 5.57 Å². The van der Waals surface area contributed by atoms with Crippen molar-refractivity contribution in [3.05, 3.63) is 72.1 Å². The molecule has 0 saturated heterocycles. The van der Waals surface area contributed by atoms with Crippen LogP contribution in [0.1, 0.15) is 18.4 Å². The fraction of sp³-hybridized carbons (Fsp3) is 0.250. The second kappa shape index (κ2) is 8.15. The lowest BCUT2D eigenvalue weighted by molar-refractivity contribution is -0.130. The molecule has 0 aliphatic carbocycles. The monoisotopic (exact) mass is 341 g/mol. The summed E-state index contributed by atoms with van der Waals surface area (Å²) in [7, 11) is 0. The van der Waals surface area contributed by atoms with Crippen LogP contribution in [0.15, 0.2) is 65.6 Å². The summed E-state index contributed by atoms with van der Waals surface area (Å²) in [6, 6.07) is 17.0. The maximum absolute atomic E-state index is 13.5. The van der Waals surface area contributed by atoms with Crippen molar-refractivity contribution in [2.75, 3.05) is 18.8 Å². The molecule has 0 atom stereocenters. The number of halogens is 1. The summed E-state index contributed by atoms with van der Waals surface area (Å²) in [5.74, 6) is 0.525. The molecule has 0 fully saturated rings. The van der Waals surface area contributed by atoms with Gasteiger partial charge < -0.3 is 4.90 Å². The summed E-state index contributed by atoms with van der Waals surface area (Å²) in [5, 5.41) is 0. The van der Waals surface area contributed by atoms with Crippen molar-refractivity contribution in [1.82, 2.24) is 4.90 Å². The Hall–Kier alpha value is -2.07. The summed E-state index contributed by atoms with van der Waals surface area (Å²) in [5.41, 5.74) is 2.54. The van der Waals surface area contributed by atoms with Gasteiger partial charge in [0.1, 0.15) is 5.82 Å². The maximum atomic E-state index is 13.5. The molecule has 3 rings (SSSR count). The molecule has 0 saturated carbocycles. The van der Waals surface area contributed by atoms with E-state index in [9.17, 15) is 9.18 Å². The molecule has 1 heterocycles. The van der Waals surface area contributed by atoms with Gasteiger partial charge in [-0.15, -0.1) is 11.8 Å². The molecule has 1 aliphatic heterocycles. The predicted octanol–water partition coefficient (Wildman–Crippen LogP) is 4.62. The fourth-order valence-electron chi connectivity index (χ4n) is 2.78. The first-order valence-corrected chi connectivity index (χ1v) is 9.12. The largest absolute Gasteiger partial charge is 0.339 e. The molecule has 0 radical (unpaired) electrons. The van der Waals surface area contributed by atoms with Gasteiger partial charge in [-0.05, 0) is 29.7 Å². The third-order valence-corrected chi connectivity index (χ3v) is 5.17. The van der Waals surface area contributed by atoms with Gasteiger partial charge in [0.25, 0.3) is 0 Å². The molecule has 0 N–H and O–H groups in total. The smallest absolute Gasteiger partial charge is 0.223 e. The van der Waals surface area contributed by atoms with E-state index in [0.717, 1.165) is 13.0 Å². The Morgan fingerprint density at radius 1 is 1.08 bits per heavy atom. The van der Waals surface area contributed by atoms with E-state index in [1.807, 2.05) is 29.2 Å². The van der Waals surface area contributed by atoms with Gasteiger partial charge in [0.05, 0.1) is 0 Å². The first kappa shape index (κ1) is 16.8. The number of benzene rings is 2. The Morgan fingerprint density at radius 3 is 2.54 bits per heavy atom. The minimum Gasteiger partial charge on any atom is -0.339 e. The molecule has 0 aromatic heterocycles. The maximum Gasteiger partial charge on any atom is 0.223 e. The van der Waals surface area contributed by atoms with Crippen LogP contribution in [0.2, 0.25) is 0 Å². The molecule has 0 spiro atoms.